The second-order valence-corrected chi connectivity index (χ2v) is 25.6. The van der Waals surface area contributed by atoms with E-state index >= 15 is 0 Å². The Bertz CT molecular complexity index is 1390. The number of amides is 1. The predicted octanol–water partition coefficient (Wildman–Crippen LogP) is 21.1. The molecule has 0 aliphatic heterocycles. The number of unbranched alkanes of at least 4 members (excludes halogenated alkanes) is 43. The van der Waals surface area contributed by atoms with Gasteiger partial charge in [-0.2, -0.15) is 0 Å². The van der Waals surface area contributed by atoms with Crippen molar-refractivity contribution in [1.29, 1.82) is 0 Å². The number of carbonyl (C=O) groups excluding carboxylic acids is 1. The largest absolute Gasteiger partial charge is 0.472 e. The predicted molar refractivity (Wildman–Crippen MR) is 337 cm³/mol. The Morgan fingerprint density at radius 1 is 0.429 bits per heavy atom. The molecule has 3 N–H and O–H groups in total. The monoisotopic (exact) mass is 1100 g/mol. The molecule has 77 heavy (non-hydrogen) atoms. The van der Waals surface area contributed by atoms with Gasteiger partial charge >= 0.3 is 7.82 Å². The summed E-state index contributed by atoms with van der Waals surface area (Å²) in [7, 11) is 1.55. The summed E-state index contributed by atoms with van der Waals surface area (Å²) in [5.41, 5.74) is 0. The highest BCUT2D eigenvalue weighted by Crippen LogP contribution is 2.43. The van der Waals surface area contributed by atoms with Crippen molar-refractivity contribution in [3.05, 3.63) is 48.6 Å². The SMILES string of the molecule is CCCCCC/C=C/CC/C=C/CC/C=C/C(O)C(COP(=O)(O)OCC[N+](C)(C)C)NC(=O)CCCCCCCCCCCCCCCCCCCCCCCCCCCCCCC/C=C\CCCCCCCCCC. The Morgan fingerprint density at radius 2 is 0.714 bits per heavy atom. The number of quaternary nitrogens is 1. The number of hydrogen-bond acceptors (Lipinski definition) is 5. The van der Waals surface area contributed by atoms with Crippen molar-refractivity contribution in [1.82, 2.24) is 5.32 Å². The Labute approximate surface area is 479 Å². The number of phosphoric acid groups is 1. The van der Waals surface area contributed by atoms with Crippen LogP contribution >= 0.6 is 7.82 Å². The van der Waals surface area contributed by atoms with Crippen molar-refractivity contribution in [2.75, 3.05) is 40.9 Å². The number of carbonyl (C=O) groups is 1. The van der Waals surface area contributed by atoms with Gasteiger partial charge in [-0.1, -0.05) is 300 Å². The molecule has 0 spiro atoms. The fourth-order valence-electron chi connectivity index (χ4n) is 10.0. The molecule has 0 bridgehead atoms. The summed E-state index contributed by atoms with van der Waals surface area (Å²) in [6.45, 7) is 4.79. The maximum Gasteiger partial charge on any atom is 0.472 e. The second kappa shape index (κ2) is 59.1. The van der Waals surface area contributed by atoms with Crippen LogP contribution in [0.4, 0.5) is 0 Å². The minimum absolute atomic E-state index is 0.0544. The lowest BCUT2D eigenvalue weighted by molar-refractivity contribution is -0.870. The molecule has 0 saturated carbocycles. The average Bonchev–Trinajstić information content (AvgIpc) is 3.39. The van der Waals surface area contributed by atoms with Crippen LogP contribution in [-0.2, 0) is 18.4 Å². The molecule has 0 aromatic rings. The number of nitrogens with zero attached hydrogens (tertiary/aromatic N) is 1. The highest BCUT2D eigenvalue weighted by atomic mass is 31.2. The summed E-state index contributed by atoms with van der Waals surface area (Å²) in [5.74, 6) is -0.187. The van der Waals surface area contributed by atoms with Crippen molar-refractivity contribution in [3.8, 4) is 0 Å². The fourth-order valence-corrected chi connectivity index (χ4v) is 10.7. The first kappa shape index (κ1) is 75.5. The summed E-state index contributed by atoms with van der Waals surface area (Å²) < 4.78 is 23.7. The molecule has 0 heterocycles. The van der Waals surface area contributed by atoms with Gasteiger partial charge < -0.3 is 19.8 Å². The molecule has 0 aliphatic rings. The van der Waals surface area contributed by atoms with Gasteiger partial charge in [0.25, 0.3) is 0 Å². The van der Waals surface area contributed by atoms with E-state index in [4.69, 9.17) is 9.05 Å². The van der Waals surface area contributed by atoms with Crippen molar-refractivity contribution in [3.63, 3.8) is 0 Å². The Kier molecular flexibility index (Phi) is 57.9. The summed E-state index contributed by atoms with van der Waals surface area (Å²) in [5, 5.41) is 13.9. The summed E-state index contributed by atoms with van der Waals surface area (Å²) in [6.07, 6.45) is 80.0. The maximum atomic E-state index is 13.0. The van der Waals surface area contributed by atoms with Gasteiger partial charge in [-0.15, -0.1) is 0 Å². The molecule has 0 aromatic heterocycles. The molecule has 9 heteroatoms. The van der Waals surface area contributed by atoms with E-state index in [0.717, 1.165) is 44.9 Å². The molecule has 0 fully saturated rings. The first-order valence-corrected chi connectivity index (χ1v) is 35.0. The molecule has 8 nitrogen and oxygen atoms in total. The van der Waals surface area contributed by atoms with Crippen molar-refractivity contribution >= 4 is 13.7 Å². The molecular formula is C68H132N2O6P+. The number of allylic oxidation sites excluding steroid dienone is 7. The lowest BCUT2D eigenvalue weighted by Gasteiger charge is -2.25. The van der Waals surface area contributed by atoms with Gasteiger partial charge in [0, 0.05) is 6.42 Å². The van der Waals surface area contributed by atoms with Crippen molar-refractivity contribution in [2.24, 2.45) is 0 Å². The van der Waals surface area contributed by atoms with Gasteiger partial charge in [-0.25, -0.2) is 4.57 Å². The van der Waals surface area contributed by atoms with E-state index in [1.165, 1.54) is 263 Å². The third-order valence-corrected chi connectivity index (χ3v) is 16.2. The zero-order chi connectivity index (χ0) is 56.3. The molecule has 0 rings (SSSR count). The van der Waals surface area contributed by atoms with Gasteiger partial charge in [0.05, 0.1) is 39.9 Å². The number of rotatable bonds is 62. The number of nitrogens with one attached hydrogen (secondary N) is 1. The van der Waals surface area contributed by atoms with Gasteiger partial charge in [0.1, 0.15) is 13.2 Å². The maximum absolute atomic E-state index is 13.0. The molecule has 0 aliphatic carbocycles. The van der Waals surface area contributed by atoms with Crippen molar-refractivity contribution < 1.29 is 32.9 Å². The van der Waals surface area contributed by atoms with E-state index in [1.54, 1.807) is 6.08 Å². The fraction of sp³-hybridized carbons (Fsp3) is 0.868. The molecule has 1 amide bonds. The van der Waals surface area contributed by atoms with Crippen LogP contribution in [0.25, 0.3) is 0 Å². The Hall–Kier alpha value is -1.54. The highest BCUT2D eigenvalue weighted by Gasteiger charge is 2.28. The smallest absolute Gasteiger partial charge is 0.387 e. The minimum Gasteiger partial charge on any atom is -0.387 e. The quantitative estimate of drug-likeness (QED) is 0.0243. The van der Waals surface area contributed by atoms with E-state index in [9.17, 15) is 19.4 Å². The summed E-state index contributed by atoms with van der Waals surface area (Å²) in [4.78, 5) is 23.3. The number of hydrogen-bond donors (Lipinski definition) is 3. The van der Waals surface area contributed by atoms with Crippen LogP contribution in [0, 0.1) is 0 Å². The number of likely N-dealkylation sites (N-methyl/N-ethyl adjacent to an activating group) is 1. The standard InChI is InChI=1S/C68H131N2O6P/c1-6-8-10-12-14-16-18-20-22-23-24-25-26-27-28-29-30-31-32-33-34-35-36-37-38-39-40-41-42-43-44-45-46-47-48-50-52-54-56-58-60-62-68(72)69-66(65-76-77(73,74)75-64-63-70(3,4)5)67(71)61-59-57-55-53-51-49-21-19-17-15-13-11-9-7-2/h17,19,23-24,51,53,59,61,66-67,71H,6-16,18,20-22,25-50,52,54-58,60,62-65H2,1-5H3,(H-,69,72,73,74)/p+1/b19-17+,24-23-,53-51+,61-59+. The Balaban J connectivity index is 3.85. The van der Waals surface area contributed by atoms with Gasteiger partial charge in [-0.3, -0.25) is 13.8 Å². The molecular weight excluding hydrogens is 972 g/mol. The van der Waals surface area contributed by atoms with Gasteiger partial charge in [0.15, 0.2) is 0 Å². The van der Waals surface area contributed by atoms with Crippen LogP contribution in [-0.4, -0.2) is 73.4 Å². The molecule has 3 atom stereocenters. The summed E-state index contributed by atoms with van der Waals surface area (Å²) in [6, 6.07) is -0.868. The van der Waals surface area contributed by atoms with Crippen LogP contribution in [0.5, 0.6) is 0 Å². The molecule has 0 aromatic carbocycles. The van der Waals surface area contributed by atoms with E-state index in [2.05, 4.69) is 55.6 Å². The zero-order valence-electron chi connectivity index (χ0n) is 52.0. The number of aliphatic hydroxyl groups excluding tert-OH is 1. The second-order valence-electron chi connectivity index (χ2n) is 24.2. The highest BCUT2D eigenvalue weighted by molar-refractivity contribution is 7.47. The number of aliphatic hydroxyl groups is 1. The topological polar surface area (TPSA) is 105 Å². The van der Waals surface area contributed by atoms with E-state index < -0.39 is 20.0 Å². The first-order chi connectivity index (χ1) is 37.5. The van der Waals surface area contributed by atoms with Crippen LogP contribution < -0.4 is 5.32 Å². The van der Waals surface area contributed by atoms with E-state index in [1.807, 2.05) is 27.2 Å². The third kappa shape index (κ3) is 61.9. The van der Waals surface area contributed by atoms with Crippen LogP contribution in [0.2, 0.25) is 0 Å². The molecule has 3 unspecified atom stereocenters. The van der Waals surface area contributed by atoms with Gasteiger partial charge in [0.2, 0.25) is 5.91 Å². The molecule has 0 saturated heterocycles. The first-order valence-electron chi connectivity index (χ1n) is 33.5. The zero-order valence-corrected chi connectivity index (χ0v) is 52.9. The average molecular weight is 1100 g/mol. The lowest BCUT2D eigenvalue weighted by atomic mass is 10.0. The normalized spacial score (nSPS) is 14.0. The van der Waals surface area contributed by atoms with Gasteiger partial charge in [-0.05, 0) is 70.6 Å². The van der Waals surface area contributed by atoms with Crippen LogP contribution in [0.15, 0.2) is 48.6 Å². The molecule has 454 valence electrons. The minimum atomic E-state index is -4.36. The Morgan fingerprint density at radius 3 is 1.05 bits per heavy atom. The third-order valence-electron chi connectivity index (χ3n) is 15.2. The van der Waals surface area contributed by atoms with Crippen molar-refractivity contribution in [2.45, 2.75) is 341 Å². The van der Waals surface area contributed by atoms with Crippen LogP contribution in [0.3, 0.4) is 0 Å². The van der Waals surface area contributed by atoms with Crippen LogP contribution in [0.1, 0.15) is 328 Å². The molecule has 0 radical (unpaired) electrons. The summed E-state index contributed by atoms with van der Waals surface area (Å²) >= 11 is 0. The lowest BCUT2D eigenvalue weighted by Crippen LogP contribution is -2.45. The van der Waals surface area contributed by atoms with E-state index in [0.29, 0.717) is 17.4 Å². The number of phosphoric ester groups is 1. The van der Waals surface area contributed by atoms with E-state index in [-0.39, 0.29) is 19.1 Å².